The Kier molecular flexibility index (Phi) is 7.79. The van der Waals surface area contributed by atoms with Gasteiger partial charge in [-0.05, 0) is 24.3 Å². The Balaban J connectivity index is 1.47. The minimum atomic E-state index is -0.628. The molecule has 0 radical (unpaired) electrons. The number of piperazine rings is 1. The molecule has 1 unspecified atom stereocenters. The Morgan fingerprint density at radius 3 is 2.57 bits per heavy atom. The van der Waals surface area contributed by atoms with Crippen molar-refractivity contribution >= 4 is 28.9 Å². The fourth-order valence-corrected chi connectivity index (χ4v) is 3.74. The van der Waals surface area contributed by atoms with Gasteiger partial charge in [0.05, 0.1) is 17.8 Å². The zero-order chi connectivity index (χ0) is 21.5. The Hall–Kier alpha value is -2.48. The number of para-hydroxylation sites is 1. The van der Waals surface area contributed by atoms with Crippen LogP contribution < -0.4 is 19.7 Å². The summed E-state index contributed by atoms with van der Waals surface area (Å²) in [7, 11) is 1.54. The molecule has 0 spiro atoms. The summed E-state index contributed by atoms with van der Waals surface area (Å²) >= 11 is 6.29. The Bertz CT molecular complexity index is 856. The van der Waals surface area contributed by atoms with Crippen LogP contribution in [0.15, 0.2) is 42.5 Å². The average molecular weight is 434 g/mol. The van der Waals surface area contributed by atoms with Crippen molar-refractivity contribution in [2.75, 3.05) is 56.7 Å². The number of methoxy groups -OCH3 is 1. The number of anilines is 2. The van der Waals surface area contributed by atoms with Crippen LogP contribution in [0.1, 0.15) is 6.92 Å². The molecule has 2 aromatic carbocycles. The van der Waals surface area contributed by atoms with E-state index in [4.69, 9.17) is 21.1 Å². The number of β-amino-alcohol motifs (C(OH)–C–C–N with tert-alkyl or cyclic N) is 1. The van der Waals surface area contributed by atoms with E-state index in [0.717, 1.165) is 36.9 Å². The van der Waals surface area contributed by atoms with Crippen LogP contribution in [0.2, 0.25) is 5.02 Å². The number of ether oxygens (including phenoxy) is 2. The summed E-state index contributed by atoms with van der Waals surface area (Å²) in [6.45, 7) is 5.53. The molecular weight excluding hydrogens is 406 g/mol. The molecule has 162 valence electrons. The van der Waals surface area contributed by atoms with Gasteiger partial charge in [-0.1, -0.05) is 23.7 Å². The molecule has 8 heteroatoms. The topological polar surface area (TPSA) is 74.3 Å². The number of rotatable bonds is 8. The smallest absolute Gasteiger partial charge is 0.221 e. The standard InChI is InChI=1S/C22H28ClN3O4/c1-16(27)24-17-7-8-21(22(13-17)29-2)30-15-18(28)14-25-9-11-26(12-10-25)20-6-4-3-5-19(20)23/h3-8,13,18,28H,9-12,14-15H2,1-2H3,(H,24,27). The minimum absolute atomic E-state index is 0.153. The van der Waals surface area contributed by atoms with Gasteiger partial charge in [0.15, 0.2) is 11.5 Å². The highest BCUT2D eigenvalue weighted by Gasteiger charge is 2.21. The molecule has 3 rings (SSSR count). The summed E-state index contributed by atoms with van der Waals surface area (Å²) in [6, 6.07) is 13.0. The number of hydrogen-bond donors (Lipinski definition) is 2. The van der Waals surface area contributed by atoms with Crippen LogP contribution in [0.25, 0.3) is 0 Å². The second kappa shape index (κ2) is 10.5. The number of amides is 1. The molecule has 2 N–H and O–H groups in total. The van der Waals surface area contributed by atoms with Crippen molar-refractivity contribution in [3.8, 4) is 11.5 Å². The van der Waals surface area contributed by atoms with Crippen molar-refractivity contribution in [2.24, 2.45) is 0 Å². The molecule has 1 saturated heterocycles. The summed E-state index contributed by atoms with van der Waals surface area (Å²) in [4.78, 5) is 15.7. The van der Waals surface area contributed by atoms with Crippen LogP contribution >= 0.6 is 11.6 Å². The first kappa shape index (κ1) is 22.2. The highest BCUT2D eigenvalue weighted by Crippen LogP contribution is 2.30. The third-order valence-corrected chi connectivity index (χ3v) is 5.27. The lowest BCUT2D eigenvalue weighted by Gasteiger charge is -2.37. The fraction of sp³-hybridized carbons (Fsp3) is 0.409. The van der Waals surface area contributed by atoms with E-state index in [2.05, 4.69) is 15.1 Å². The number of aliphatic hydroxyl groups is 1. The molecule has 1 amide bonds. The van der Waals surface area contributed by atoms with Gasteiger partial charge in [-0.25, -0.2) is 0 Å². The van der Waals surface area contributed by atoms with Gasteiger partial charge in [0, 0.05) is 51.4 Å². The minimum Gasteiger partial charge on any atom is -0.493 e. The van der Waals surface area contributed by atoms with Crippen LogP contribution in [0, 0.1) is 0 Å². The maximum Gasteiger partial charge on any atom is 0.221 e. The van der Waals surface area contributed by atoms with E-state index in [1.54, 1.807) is 18.2 Å². The Labute approximate surface area is 182 Å². The molecule has 0 aliphatic carbocycles. The molecule has 30 heavy (non-hydrogen) atoms. The lowest BCUT2D eigenvalue weighted by atomic mass is 10.2. The van der Waals surface area contributed by atoms with Crippen LogP contribution in [-0.2, 0) is 4.79 Å². The fourth-order valence-electron chi connectivity index (χ4n) is 3.48. The van der Waals surface area contributed by atoms with Gasteiger partial charge < -0.3 is 24.8 Å². The molecule has 0 saturated carbocycles. The first-order valence-corrected chi connectivity index (χ1v) is 10.3. The monoisotopic (exact) mass is 433 g/mol. The lowest BCUT2D eigenvalue weighted by molar-refractivity contribution is -0.114. The molecule has 0 bridgehead atoms. The summed E-state index contributed by atoms with van der Waals surface area (Å²) in [6.07, 6.45) is -0.628. The number of hydrogen-bond acceptors (Lipinski definition) is 6. The normalized spacial score (nSPS) is 15.5. The largest absolute Gasteiger partial charge is 0.493 e. The molecule has 1 aliphatic rings. The highest BCUT2D eigenvalue weighted by atomic mass is 35.5. The first-order chi connectivity index (χ1) is 14.5. The number of nitrogens with one attached hydrogen (secondary N) is 1. The van der Waals surface area contributed by atoms with Gasteiger partial charge in [-0.2, -0.15) is 0 Å². The van der Waals surface area contributed by atoms with Crippen LogP contribution in [0.5, 0.6) is 11.5 Å². The van der Waals surface area contributed by atoms with Gasteiger partial charge in [-0.3, -0.25) is 9.69 Å². The summed E-state index contributed by atoms with van der Waals surface area (Å²) in [5, 5.41) is 13.9. The summed E-state index contributed by atoms with van der Waals surface area (Å²) in [5.74, 6) is 0.867. The maximum absolute atomic E-state index is 11.2. The number of aliphatic hydroxyl groups excluding tert-OH is 1. The third-order valence-electron chi connectivity index (χ3n) is 4.95. The van der Waals surface area contributed by atoms with E-state index in [0.29, 0.717) is 23.7 Å². The molecule has 7 nitrogen and oxygen atoms in total. The van der Waals surface area contributed by atoms with E-state index < -0.39 is 6.10 Å². The quantitative estimate of drug-likeness (QED) is 0.666. The molecule has 1 aliphatic heterocycles. The van der Waals surface area contributed by atoms with E-state index in [9.17, 15) is 9.90 Å². The van der Waals surface area contributed by atoms with Crippen molar-refractivity contribution in [2.45, 2.75) is 13.0 Å². The molecule has 1 heterocycles. The third kappa shape index (κ3) is 6.01. The van der Waals surface area contributed by atoms with Crippen LogP contribution in [0.4, 0.5) is 11.4 Å². The van der Waals surface area contributed by atoms with Crippen molar-refractivity contribution in [3.05, 3.63) is 47.5 Å². The van der Waals surface area contributed by atoms with Gasteiger partial charge in [-0.15, -0.1) is 0 Å². The highest BCUT2D eigenvalue weighted by molar-refractivity contribution is 6.33. The molecule has 0 aromatic heterocycles. The summed E-state index contributed by atoms with van der Waals surface area (Å²) in [5.41, 5.74) is 1.68. The number of carbonyl (C=O) groups is 1. The SMILES string of the molecule is COc1cc(NC(C)=O)ccc1OCC(O)CN1CCN(c2ccccc2Cl)CC1. The average Bonchev–Trinajstić information content (AvgIpc) is 2.73. The number of nitrogens with zero attached hydrogens (tertiary/aromatic N) is 2. The first-order valence-electron chi connectivity index (χ1n) is 9.94. The Morgan fingerprint density at radius 1 is 1.17 bits per heavy atom. The second-order valence-electron chi connectivity index (χ2n) is 7.25. The Morgan fingerprint density at radius 2 is 1.90 bits per heavy atom. The summed E-state index contributed by atoms with van der Waals surface area (Å²) < 4.78 is 11.1. The number of benzene rings is 2. The number of halogens is 1. The van der Waals surface area contributed by atoms with E-state index in [-0.39, 0.29) is 12.5 Å². The van der Waals surface area contributed by atoms with Gasteiger partial charge in [0.25, 0.3) is 0 Å². The van der Waals surface area contributed by atoms with Crippen molar-refractivity contribution in [3.63, 3.8) is 0 Å². The van der Waals surface area contributed by atoms with Gasteiger partial charge >= 0.3 is 0 Å². The second-order valence-corrected chi connectivity index (χ2v) is 7.66. The van der Waals surface area contributed by atoms with Crippen molar-refractivity contribution in [1.82, 2.24) is 4.90 Å². The zero-order valence-corrected chi connectivity index (χ0v) is 18.1. The van der Waals surface area contributed by atoms with E-state index in [1.807, 2.05) is 24.3 Å². The molecule has 2 aromatic rings. The lowest BCUT2D eigenvalue weighted by Crippen LogP contribution is -2.49. The van der Waals surface area contributed by atoms with Crippen molar-refractivity contribution in [1.29, 1.82) is 0 Å². The van der Waals surface area contributed by atoms with Gasteiger partial charge in [0.2, 0.25) is 5.91 Å². The molecule has 1 fully saturated rings. The van der Waals surface area contributed by atoms with Crippen LogP contribution in [-0.4, -0.2) is 68.5 Å². The zero-order valence-electron chi connectivity index (χ0n) is 17.3. The van der Waals surface area contributed by atoms with Crippen LogP contribution in [0.3, 0.4) is 0 Å². The maximum atomic E-state index is 11.2. The van der Waals surface area contributed by atoms with Gasteiger partial charge in [0.1, 0.15) is 12.7 Å². The predicted octanol–water partition coefficient (Wildman–Crippen LogP) is 2.87. The van der Waals surface area contributed by atoms with Crippen molar-refractivity contribution < 1.29 is 19.4 Å². The van der Waals surface area contributed by atoms with E-state index in [1.165, 1.54) is 14.0 Å². The number of carbonyl (C=O) groups excluding carboxylic acids is 1. The molecular formula is C22H28ClN3O4. The predicted molar refractivity (Wildman–Crippen MR) is 119 cm³/mol. The molecule has 1 atom stereocenters. The van der Waals surface area contributed by atoms with E-state index >= 15 is 0 Å².